The van der Waals surface area contributed by atoms with Crippen molar-refractivity contribution < 1.29 is 9.53 Å². The molecule has 0 atom stereocenters. The van der Waals surface area contributed by atoms with Gasteiger partial charge in [-0.25, -0.2) is 9.78 Å². The highest BCUT2D eigenvalue weighted by molar-refractivity contribution is 5.85. The number of benzene rings is 1. The fraction of sp³-hybridized carbons (Fsp3) is 0.400. The average Bonchev–Trinajstić information content (AvgIpc) is 2.43. The number of nitrogens with zero attached hydrogens (tertiary/aromatic N) is 2. The van der Waals surface area contributed by atoms with E-state index in [9.17, 15) is 9.59 Å². The van der Waals surface area contributed by atoms with Crippen LogP contribution < -0.4 is 10.9 Å². The summed E-state index contributed by atoms with van der Waals surface area (Å²) in [6, 6.07) is 7.07. The van der Waals surface area contributed by atoms with Gasteiger partial charge in [0.1, 0.15) is 0 Å². The van der Waals surface area contributed by atoms with Gasteiger partial charge in [0.05, 0.1) is 17.5 Å². The SMILES string of the molecule is CCOC(=O)Nc1nc2ccccc2c(=O)n1CC(C)C. The van der Waals surface area contributed by atoms with Crippen LogP contribution in [0.15, 0.2) is 29.1 Å². The van der Waals surface area contributed by atoms with Crippen molar-refractivity contribution in [1.29, 1.82) is 0 Å². The van der Waals surface area contributed by atoms with Crippen LogP contribution >= 0.6 is 0 Å². The predicted octanol–water partition coefficient (Wildman–Crippen LogP) is 2.62. The van der Waals surface area contributed by atoms with Crippen molar-refractivity contribution in [3.8, 4) is 0 Å². The van der Waals surface area contributed by atoms with Gasteiger partial charge in [0.2, 0.25) is 5.95 Å². The number of ether oxygens (including phenoxy) is 1. The van der Waals surface area contributed by atoms with Gasteiger partial charge < -0.3 is 4.74 Å². The molecular weight excluding hydrogens is 270 g/mol. The number of aromatic nitrogens is 2. The van der Waals surface area contributed by atoms with Gasteiger partial charge in [0, 0.05) is 6.54 Å². The van der Waals surface area contributed by atoms with Gasteiger partial charge in [-0.15, -0.1) is 0 Å². The normalized spacial score (nSPS) is 10.9. The Labute approximate surface area is 122 Å². The van der Waals surface area contributed by atoms with E-state index < -0.39 is 6.09 Å². The maximum absolute atomic E-state index is 12.6. The van der Waals surface area contributed by atoms with E-state index in [1.165, 1.54) is 4.57 Å². The van der Waals surface area contributed by atoms with Crippen LogP contribution in [0.25, 0.3) is 10.9 Å². The Hall–Kier alpha value is -2.37. The van der Waals surface area contributed by atoms with Gasteiger partial charge in [-0.1, -0.05) is 26.0 Å². The summed E-state index contributed by atoms with van der Waals surface area (Å²) < 4.78 is 6.33. The molecule has 0 spiro atoms. The Balaban J connectivity index is 2.55. The summed E-state index contributed by atoms with van der Waals surface area (Å²) in [5.74, 6) is 0.458. The molecule has 6 heteroatoms. The maximum atomic E-state index is 12.6. The Morgan fingerprint density at radius 2 is 2.10 bits per heavy atom. The van der Waals surface area contributed by atoms with Crippen molar-refractivity contribution >= 4 is 22.9 Å². The van der Waals surface area contributed by atoms with Crippen LogP contribution in [0.3, 0.4) is 0 Å². The summed E-state index contributed by atoms with van der Waals surface area (Å²) in [7, 11) is 0. The van der Waals surface area contributed by atoms with E-state index >= 15 is 0 Å². The van der Waals surface area contributed by atoms with Crippen molar-refractivity contribution in [2.24, 2.45) is 5.92 Å². The molecule has 0 aliphatic heterocycles. The van der Waals surface area contributed by atoms with Gasteiger partial charge >= 0.3 is 6.09 Å². The Bertz CT molecular complexity index is 707. The highest BCUT2D eigenvalue weighted by Gasteiger charge is 2.14. The molecule has 0 saturated carbocycles. The number of para-hydroxylation sites is 1. The molecule has 0 radical (unpaired) electrons. The molecule has 1 aromatic heterocycles. The van der Waals surface area contributed by atoms with Crippen LogP contribution in [0, 0.1) is 5.92 Å². The van der Waals surface area contributed by atoms with Gasteiger partial charge in [-0.3, -0.25) is 14.7 Å². The molecule has 21 heavy (non-hydrogen) atoms. The van der Waals surface area contributed by atoms with Crippen LogP contribution in [0.4, 0.5) is 10.7 Å². The van der Waals surface area contributed by atoms with E-state index in [4.69, 9.17) is 4.74 Å². The summed E-state index contributed by atoms with van der Waals surface area (Å²) in [6.45, 7) is 6.44. The van der Waals surface area contributed by atoms with Gasteiger partial charge in [-0.05, 0) is 25.0 Å². The maximum Gasteiger partial charge on any atom is 0.413 e. The van der Waals surface area contributed by atoms with E-state index in [-0.39, 0.29) is 24.0 Å². The van der Waals surface area contributed by atoms with Gasteiger partial charge in [0.15, 0.2) is 0 Å². The van der Waals surface area contributed by atoms with Crippen LogP contribution in [-0.4, -0.2) is 22.3 Å². The number of carbonyl (C=O) groups is 1. The summed E-state index contributed by atoms with van der Waals surface area (Å²) in [4.78, 5) is 28.5. The molecule has 1 N–H and O–H groups in total. The highest BCUT2D eigenvalue weighted by Crippen LogP contribution is 2.13. The second-order valence-electron chi connectivity index (χ2n) is 5.11. The molecule has 0 aliphatic rings. The lowest BCUT2D eigenvalue weighted by molar-refractivity contribution is 0.167. The third kappa shape index (κ3) is 3.39. The van der Waals surface area contributed by atoms with Crippen LogP contribution in [0.5, 0.6) is 0 Å². The molecule has 0 bridgehead atoms. The first-order valence-corrected chi connectivity index (χ1v) is 6.96. The third-order valence-corrected chi connectivity index (χ3v) is 2.90. The first kappa shape index (κ1) is 15.0. The second kappa shape index (κ2) is 6.39. The number of hydrogen-bond acceptors (Lipinski definition) is 4. The van der Waals surface area contributed by atoms with Crippen LogP contribution in [0.1, 0.15) is 20.8 Å². The lowest BCUT2D eigenvalue weighted by Gasteiger charge is -2.15. The molecule has 0 saturated heterocycles. The zero-order valence-corrected chi connectivity index (χ0v) is 12.4. The predicted molar refractivity (Wildman–Crippen MR) is 81.5 cm³/mol. The number of fused-ring (bicyclic) bond motifs is 1. The molecule has 0 aliphatic carbocycles. The molecule has 1 amide bonds. The Kier molecular flexibility index (Phi) is 4.57. The Morgan fingerprint density at radius 1 is 1.38 bits per heavy atom. The summed E-state index contributed by atoms with van der Waals surface area (Å²) in [5.41, 5.74) is 0.385. The number of amides is 1. The number of nitrogens with one attached hydrogen (secondary N) is 1. The van der Waals surface area contributed by atoms with E-state index in [0.29, 0.717) is 17.4 Å². The molecule has 0 fully saturated rings. The summed E-state index contributed by atoms with van der Waals surface area (Å²) in [6.07, 6.45) is -0.614. The van der Waals surface area contributed by atoms with Gasteiger partial charge in [0.25, 0.3) is 5.56 Å². The van der Waals surface area contributed by atoms with Crippen molar-refractivity contribution in [3.63, 3.8) is 0 Å². The quantitative estimate of drug-likeness (QED) is 0.939. The minimum absolute atomic E-state index is 0.166. The standard InChI is InChI=1S/C15H19N3O3/c1-4-21-15(20)17-14-16-12-8-6-5-7-11(12)13(19)18(14)9-10(2)3/h5-8,10H,4,9H2,1-3H3,(H,16,17,20). The van der Waals surface area contributed by atoms with Crippen molar-refractivity contribution in [2.45, 2.75) is 27.3 Å². The van der Waals surface area contributed by atoms with E-state index in [1.807, 2.05) is 13.8 Å². The zero-order valence-electron chi connectivity index (χ0n) is 12.4. The highest BCUT2D eigenvalue weighted by atomic mass is 16.5. The zero-order chi connectivity index (χ0) is 15.4. The molecule has 2 rings (SSSR count). The van der Waals surface area contributed by atoms with E-state index in [1.54, 1.807) is 31.2 Å². The van der Waals surface area contributed by atoms with Crippen molar-refractivity contribution in [1.82, 2.24) is 9.55 Å². The topological polar surface area (TPSA) is 73.2 Å². The second-order valence-corrected chi connectivity index (χ2v) is 5.11. The third-order valence-electron chi connectivity index (χ3n) is 2.90. The lowest BCUT2D eigenvalue weighted by Crippen LogP contribution is -2.29. The average molecular weight is 289 g/mol. The minimum Gasteiger partial charge on any atom is -0.450 e. The fourth-order valence-electron chi connectivity index (χ4n) is 2.06. The smallest absolute Gasteiger partial charge is 0.413 e. The minimum atomic E-state index is -0.614. The Morgan fingerprint density at radius 3 is 2.76 bits per heavy atom. The first-order chi connectivity index (χ1) is 10.0. The summed E-state index contributed by atoms with van der Waals surface area (Å²) >= 11 is 0. The molecule has 0 unspecified atom stereocenters. The van der Waals surface area contributed by atoms with Crippen molar-refractivity contribution in [3.05, 3.63) is 34.6 Å². The fourth-order valence-corrected chi connectivity index (χ4v) is 2.06. The summed E-state index contributed by atoms with van der Waals surface area (Å²) in [5, 5.41) is 3.08. The number of carbonyl (C=O) groups excluding carboxylic acids is 1. The van der Waals surface area contributed by atoms with Crippen LogP contribution in [0.2, 0.25) is 0 Å². The number of hydrogen-bond donors (Lipinski definition) is 1. The molecule has 112 valence electrons. The van der Waals surface area contributed by atoms with E-state index in [2.05, 4.69) is 10.3 Å². The molecule has 1 aromatic carbocycles. The first-order valence-electron chi connectivity index (χ1n) is 6.96. The van der Waals surface area contributed by atoms with Crippen LogP contribution in [-0.2, 0) is 11.3 Å². The van der Waals surface area contributed by atoms with E-state index in [0.717, 1.165) is 0 Å². The molecule has 6 nitrogen and oxygen atoms in total. The lowest BCUT2D eigenvalue weighted by atomic mass is 10.2. The number of rotatable bonds is 4. The largest absolute Gasteiger partial charge is 0.450 e. The number of anilines is 1. The van der Waals surface area contributed by atoms with Crippen molar-refractivity contribution in [2.75, 3.05) is 11.9 Å². The molecule has 2 aromatic rings. The van der Waals surface area contributed by atoms with Gasteiger partial charge in [-0.2, -0.15) is 0 Å². The monoisotopic (exact) mass is 289 g/mol. The molecular formula is C15H19N3O3. The molecule has 1 heterocycles.